The van der Waals surface area contributed by atoms with Crippen molar-refractivity contribution in [1.82, 2.24) is 15.3 Å². The van der Waals surface area contributed by atoms with E-state index in [1.54, 1.807) is 24.5 Å². The van der Waals surface area contributed by atoms with Crippen LogP contribution in [0.2, 0.25) is 5.15 Å². The summed E-state index contributed by atoms with van der Waals surface area (Å²) in [6, 6.07) is 3.87. The topological polar surface area (TPSA) is 41.1 Å². The molecule has 0 spiro atoms. The lowest BCUT2D eigenvalue weighted by Gasteiger charge is -2.37. The van der Waals surface area contributed by atoms with Crippen molar-refractivity contribution in [3.8, 4) is 11.3 Å². The summed E-state index contributed by atoms with van der Waals surface area (Å²) in [5.74, 6) is 0.395. The van der Waals surface area contributed by atoms with Gasteiger partial charge in [0.25, 0.3) is 0 Å². The second-order valence-corrected chi connectivity index (χ2v) is 7.15. The van der Waals surface area contributed by atoms with Crippen LogP contribution >= 0.6 is 11.6 Å². The van der Waals surface area contributed by atoms with E-state index in [0.29, 0.717) is 29.9 Å². The summed E-state index contributed by atoms with van der Waals surface area (Å²) >= 11 is 5.96. The van der Waals surface area contributed by atoms with Crippen LogP contribution in [0.25, 0.3) is 11.3 Å². The quantitative estimate of drug-likeness (QED) is 0.814. The highest BCUT2D eigenvalue weighted by molar-refractivity contribution is 6.29. The van der Waals surface area contributed by atoms with Gasteiger partial charge in [-0.05, 0) is 42.5 Å². The molecule has 1 unspecified atom stereocenters. The van der Waals surface area contributed by atoms with Gasteiger partial charge in [0, 0.05) is 43.3 Å². The number of hydrogen-bond acceptors (Lipinski definition) is 4. The molecule has 1 saturated carbocycles. The third-order valence-electron chi connectivity index (χ3n) is 4.86. The predicted molar refractivity (Wildman–Crippen MR) is 94.5 cm³/mol. The summed E-state index contributed by atoms with van der Waals surface area (Å²) in [5, 5.41) is 2.93. The van der Waals surface area contributed by atoms with Crippen molar-refractivity contribution in [3.63, 3.8) is 0 Å². The fourth-order valence-electron chi connectivity index (χ4n) is 3.35. The van der Waals surface area contributed by atoms with E-state index in [1.807, 2.05) is 11.0 Å². The Morgan fingerprint density at radius 1 is 1.19 bits per heavy atom. The van der Waals surface area contributed by atoms with Crippen LogP contribution in [0, 0.1) is 0 Å². The van der Waals surface area contributed by atoms with Crippen molar-refractivity contribution in [2.45, 2.75) is 31.0 Å². The van der Waals surface area contributed by atoms with Crippen LogP contribution in [-0.2, 0) is 0 Å². The molecule has 8 heteroatoms. The van der Waals surface area contributed by atoms with Gasteiger partial charge in [0.2, 0.25) is 0 Å². The van der Waals surface area contributed by atoms with E-state index in [4.69, 9.17) is 11.6 Å². The van der Waals surface area contributed by atoms with Crippen molar-refractivity contribution in [1.29, 1.82) is 0 Å². The summed E-state index contributed by atoms with van der Waals surface area (Å²) in [4.78, 5) is 10.3. The van der Waals surface area contributed by atoms with Gasteiger partial charge in [0.05, 0.1) is 5.69 Å². The van der Waals surface area contributed by atoms with Crippen LogP contribution in [0.4, 0.5) is 18.9 Å². The number of halogens is 4. The summed E-state index contributed by atoms with van der Waals surface area (Å²) in [7, 11) is 0. The van der Waals surface area contributed by atoms with Gasteiger partial charge in [0.1, 0.15) is 11.2 Å². The SMILES string of the molecule is FC(F)(F)C1CN(c2cc(-c3ccnc(Cl)c3)ncc2C2CC2)CCN1. The lowest BCUT2D eigenvalue weighted by molar-refractivity contribution is -0.155. The molecule has 0 amide bonds. The molecule has 1 aliphatic heterocycles. The molecule has 2 aromatic rings. The first-order valence-electron chi connectivity index (χ1n) is 8.59. The van der Waals surface area contributed by atoms with Gasteiger partial charge in [-0.25, -0.2) is 4.98 Å². The molecule has 1 aliphatic carbocycles. The van der Waals surface area contributed by atoms with Crippen LogP contribution in [0.1, 0.15) is 24.3 Å². The lowest BCUT2D eigenvalue weighted by Crippen LogP contribution is -2.57. The Morgan fingerprint density at radius 3 is 2.69 bits per heavy atom. The molecule has 1 N–H and O–H groups in total. The Morgan fingerprint density at radius 2 is 2.00 bits per heavy atom. The van der Waals surface area contributed by atoms with Gasteiger partial charge in [-0.1, -0.05) is 11.6 Å². The zero-order valence-electron chi connectivity index (χ0n) is 13.9. The Balaban J connectivity index is 1.70. The minimum absolute atomic E-state index is 0.0935. The average molecular weight is 383 g/mol. The minimum Gasteiger partial charge on any atom is -0.368 e. The van der Waals surface area contributed by atoms with Crippen molar-refractivity contribution in [2.75, 3.05) is 24.5 Å². The Labute approximate surface area is 154 Å². The van der Waals surface area contributed by atoms with E-state index in [0.717, 1.165) is 29.7 Å². The summed E-state index contributed by atoms with van der Waals surface area (Å²) in [6.07, 6.45) is 1.26. The highest BCUT2D eigenvalue weighted by atomic mass is 35.5. The number of anilines is 1. The highest BCUT2D eigenvalue weighted by Gasteiger charge is 2.42. The number of aromatic nitrogens is 2. The van der Waals surface area contributed by atoms with E-state index in [-0.39, 0.29) is 6.54 Å². The number of piperazine rings is 1. The highest BCUT2D eigenvalue weighted by Crippen LogP contribution is 2.45. The molecule has 1 saturated heterocycles. The molecule has 0 radical (unpaired) electrons. The predicted octanol–water partition coefficient (Wildman–Crippen LogP) is 4.01. The zero-order valence-corrected chi connectivity index (χ0v) is 14.7. The Bertz CT molecular complexity index is 807. The maximum absolute atomic E-state index is 13.2. The molecule has 0 aromatic carbocycles. The number of alkyl halides is 3. The fraction of sp³-hybridized carbons (Fsp3) is 0.444. The van der Waals surface area contributed by atoms with E-state index in [2.05, 4.69) is 15.3 Å². The van der Waals surface area contributed by atoms with Crippen LogP contribution in [0.15, 0.2) is 30.6 Å². The molecule has 0 bridgehead atoms. The Hall–Kier alpha value is -1.86. The first-order chi connectivity index (χ1) is 12.4. The van der Waals surface area contributed by atoms with Gasteiger partial charge in [-0.3, -0.25) is 4.98 Å². The molecule has 4 rings (SSSR count). The van der Waals surface area contributed by atoms with Crippen LogP contribution in [0.5, 0.6) is 0 Å². The maximum atomic E-state index is 13.2. The summed E-state index contributed by atoms with van der Waals surface area (Å²) < 4.78 is 39.5. The third-order valence-corrected chi connectivity index (χ3v) is 5.07. The van der Waals surface area contributed by atoms with Crippen molar-refractivity contribution >= 4 is 17.3 Å². The van der Waals surface area contributed by atoms with Gasteiger partial charge < -0.3 is 10.2 Å². The number of nitrogens with one attached hydrogen (secondary N) is 1. The molecule has 2 fully saturated rings. The number of rotatable bonds is 3. The van der Waals surface area contributed by atoms with E-state index in [1.165, 1.54) is 0 Å². The average Bonchev–Trinajstić information content (AvgIpc) is 3.46. The van der Waals surface area contributed by atoms with E-state index < -0.39 is 12.2 Å². The monoisotopic (exact) mass is 382 g/mol. The summed E-state index contributed by atoms with van der Waals surface area (Å²) in [6.45, 7) is 0.740. The van der Waals surface area contributed by atoms with E-state index >= 15 is 0 Å². The van der Waals surface area contributed by atoms with Gasteiger partial charge in [-0.15, -0.1) is 0 Å². The molecule has 1 atom stereocenters. The summed E-state index contributed by atoms with van der Waals surface area (Å²) in [5.41, 5.74) is 3.38. The van der Waals surface area contributed by atoms with Gasteiger partial charge >= 0.3 is 6.18 Å². The molecule has 3 heterocycles. The second kappa shape index (κ2) is 6.70. The van der Waals surface area contributed by atoms with Crippen molar-refractivity contribution < 1.29 is 13.2 Å². The molecule has 2 aromatic heterocycles. The number of pyridine rings is 2. The van der Waals surface area contributed by atoms with Gasteiger partial charge in [-0.2, -0.15) is 13.2 Å². The van der Waals surface area contributed by atoms with Crippen molar-refractivity contribution in [2.24, 2.45) is 0 Å². The molecular weight excluding hydrogens is 365 g/mol. The number of hydrogen-bond donors (Lipinski definition) is 1. The van der Waals surface area contributed by atoms with Crippen molar-refractivity contribution in [3.05, 3.63) is 41.3 Å². The smallest absolute Gasteiger partial charge is 0.368 e. The molecular formula is C18H18ClF3N4. The zero-order chi connectivity index (χ0) is 18.3. The molecule has 4 nitrogen and oxygen atoms in total. The Kier molecular flexibility index (Phi) is 4.52. The first kappa shape index (κ1) is 17.5. The molecule has 138 valence electrons. The minimum atomic E-state index is -4.26. The van der Waals surface area contributed by atoms with Crippen LogP contribution in [-0.4, -0.2) is 41.8 Å². The largest absolute Gasteiger partial charge is 0.405 e. The van der Waals surface area contributed by atoms with Crippen LogP contribution < -0.4 is 10.2 Å². The number of nitrogens with zero attached hydrogens (tertiary/aromatic N) is 3. The third kappa shape index (κ3) is 3.64. The van der Waals surface area contributed by atoms with Crippen LogP contribution in [0.3, 0.4) is 0 Å². The molecule has 26 heavy (non-hydrogen) atoms. The normalized spacial score (nSPS) is 21.1. The lowest BCUT2D eigenvalue weighted by atomic mass is 10.0. The van der Waals surface area contributed by atoms with Gasteiger partial charge in [0.15, 0.2) is 0 Å². The standard InChI is InChI=1S/C18H18ClF3N4/c19-17-7-12(3-4-24-17)14-8-15(13(9-25-14)11-1-2-11)26-6-5-23-16(10-26)18(20,21)22/h3-4,7-9,11,16,23H,1-2,5-6,10H2. The maximum Gasteiger partial charge on any atom is 0.405 e. The second-order valence-electron chi connectivity index (χ2n) is 6.76. The first-order valence-corrected chi connectivity index (χ1v) is 8.96. The van der Waals surface area contributed by atoms with E-state index in [9.17, 15) is 13.2 Å². The fourth-order valence-corrected chi connectivity index (χ4v) is 3.52. The molecule has 2 aliphatic rings.